The van der Waals surface area contributed by atoms with Crippen molar-refractivity contribution in [3.8, 4) is 0 Å². The SMILES string of the molecule is Cc1nc(C(=O)N2CCS(=O)(=O)CC2CC(=O)O)n[nH]1. The van der Waals surface area contributed by atoms with E-state index in [2.05, 4.69) is 15.2 Å². The lowest BCUT2D eigenvalue weighted by Gasteiger charge is -2.33. The Kier molecular flexibility index (Phi) is 3.75. The lowest BCUT2D eigenvalue weighted by molar-refractivity contribution is -0.138. The third-order valence-electron chi connectivity index (χ3n) is 2.99. The van der Waals surface area contributed by atoms with Crippen molar-refractivity contribution in [2.45, 2.75) is 19.4 Å². The van der Waals surface area contributed by atoms with Crippen LogP contribution >= 0.6 is 0 Å². The number of carbonyl (C=O) groups is 2. The molecule has 2 N–H and O–H groups in total. The van der Waals surface area contributed by atoms with Gasteiger partial charge < -0.3 is 10.0 Å². The normalized spacial score (nSPS) is 21.6. The molecule has 20 heavy (non-hydrogen) atoms. The minimum atomic E-state index is -3.33. The number of aromatic amines is 1. The number of aromatic nitrogens is 3. The van der Waals surface area contributed by atoms with Crippen LogP contribution in [0.3, 0.4) is 0 Å². The van der Waals surface area contributed by atoms with Gasteiger partial charge in [-0.15, -0.1) is 5.10 Å². The molecular formula is C10H14N4O5S. The number of carboxylic acids is 1. The Balaban J connectivity index is 2.23. The summed E-state index contributed by atoms with van der Waals surface area (Å²) in [4.78, 5) is 28.1. The number of rotatable bonds is 3. The van der Waals surface area contributed by atoms with Crippen LogP contribution in [0.4, 0.5) is 0 Å². The van der Waals surface area contributed by atoms with Crippen LogP contribution in [0.2, 0.25) is 0 Å². The molecular weight excluding hydrogens is 288 g/mol. The third-order valence-corrected chi connectivity index (χ3v) is 4.69. The number of sulfone groups is 1. The van der Waals surface area contributed by atoms with Crippen LogP contribution in [0.15, 0.2) is 0 Å². The first-order chi connectivity index (χ1) is 9.28. The van der Waals surface area contributed by atoms with Crippen molar-refractivity contribution in [3.05, 3.63) is 11.6 Å². The van der Waals surface area contributed by atoms with Gasteiger partial charge in [0, 0.05) is 6.54 Å². The van der Waals surface area contributed by atoms with E-state index in [1.165, 1.54) is 4.90 Å². The van der Waals surface area contributed by atoms with Gasteiger partial charge in [0.2, 0.25) is 5.82 Å². The number of hydrogen-bond acceptors (Lipinski definition) is 6. The van der Waals surface area contributed by atoms with Crippen molar-refractivity contribution < 1.29 is 23.1 Å². The average molecular weight is 302 g/mol. The molecule has 9 nitrogen and oxygen atoms in total. The van der Waals surface area contributed by atoms with E-state index in [0.29, 0.717) is 5.82 Å². The van der Waals surface area contributed by atoms with Gasteiger partial charge in [-0.05, 0) is 6.92 Å². The maximum atomic E-state index is 12.2. The zero-order chi connectivity index (χ0) is 14.9. The topological polar surface area (TPSA) is 133 Å². The van der Waals surface area contributed by atoms with E-state index in [9.17, 15) is 18.0 Å². The highest BCUT2D eigenvalue weighted by molar-refractivity contribution is 7.91. The number of amides is 1. The smallest absolute Gasteiger partial charge is 0.305 e. The molecule has 0 bridgehead atoms. The van der Waals surface area contributed by atoms with Crippen molar-refractivity contribution in [1.82, 2.24) is 20.1 Å². The van der Waals surface area contributed by atoms with Gasteiger partial charge in [0.05, 0.1) is 24.0 Å². The number of nitrogens with zero attached hydrogens (tertiary/aromatic N) is 3. The third kappa shape index (κ3) is 3.13. The Bertz CT molecular complexity index is 638. The molecule has 1 unspecified atom stereocenters. The van der Waals surface area contributed by atoms with Gasteiger partial charge in [-0.2, -0.15) is 0 Å². The van der Waals surface area contributed by atoms with Crippen LogP contribution in [0.25, 0.3) is 0 Å². The molecule has 1 aliphatic rings. The molecule has 2 rings (SSSR count). The molecule has 1 fully saturated rings. The van der Waals surface area contributed by atoms with Crippen LogP contribution in [-0.4, -0.2) is 69.6 Å². The van der Waals surface area contributed by atoms with Crippen molar-refractivity contribution in [2.24, 2.45) is 0 Å². The number of nitrogens with one attached hydrogen (secondary N) is 1. The molecule has 10 heteroatoms. The van der Waals surface area contributed by atoms with E-state index in [1.807, 2.05) is 0 Å². The summed E-state index contributed by atoms with van der Waals surface area (Å²) >= 11 is 0. The number of carbonyl (C=O) groups excluding carboxylic acids is 1. The lowest BCUT2D eigenvalue weighted by atomic mass is 10.2. The fourth-order valence-corrected chi connectivity index (χ4v) is 3.62. The Hall–Kier alpha value is -1.97. The van der Waals surface area contributed by atoms with Gasteiger partial charge in [0.1, 0.15) is 5.82 Å². The first-order valence-corrected chi connectivity index (χ1v) is 7.73. The zero-order valence-electron chi connectivity index (χ0n) is 10.7. The average Bonchev–Trinajstić information content (AvgIpc) is 2.73. The highest BCUT2D eigenvalue weighted by Gasteiger charge is 2.36. The molecule has 1 aromatic rings. The molecule has 0 aromatic carbocycles. The van der Waals surface area contributed by atoms with Crippen molar-refractivity contribution in [3.63, 3.8) is 0 Å². The Labute approximate surface area is 114 Å². The first-order valence-electron chi connectivity index (χ1n) is 5.91. The standard InChI is InChI=1S/C10H14N4O5S/c1-6-11-9(13-12-6)10(17)14-2-3-20(18,19)5-7(14)4-8(15)16/h7H,2-5H2,1H3,(H,15,16)(H,11,12,13). The lowest BCUT2D eigenvalue weighted by Crippen LogP contribution is -2.52. The van der Waals surface area contributed by atoms with E-state index < -0.39 is 34.2 Å². The van der Waals surface area contributed by atoms with E-state index in [1.54, 1.807) is 6.92 Å². The molecule has 0 radical (unpaired) electrons. The summed E-state index contributed by atoms with van der Waals surface area (Å²) in [6, 6.07) is -0.891. The predicted octanol–water partition coefficient (Wildman–Crippen LogP) is -1.17. The van der Waals surface area contributed by atoms with Gasteiger partial charge in [0.15, 0.2) is 9.84 Å². The Morgan fingerprint density at radius 3 is 2.75 bits per heavy atom. The Morgan fingerprint density at radius 2 is 2.20 bits per heavy atom. The number of hydrogen-bond donors (Lipinski definition) is 2. The predicted molar refractivity (Wildman–Crippen MR) is 66.9 cm³/mol. The van der Waals surface area contributed by atoms with Gasteiger partial charge in [-0.3, -0.25) is 14.7 Å². The van der Waals surface area contributed by atoms with Crippen LogP contribution in [-0.2, 0) is 14.6 Å². The number of aliphatic carboxylic acids is 1. The van der Waals surface area contributed by atoms with Gasteiger partial charge in [-0.25, -0.2) is 13.4 Å². The molecule has 1 aromatic heterocycles. The second-order valence-corrected chi connectivity index (χ2v) is 6.84. The fraction of sp³-hybridized carbons (Fsp3) is 0.600. The molecule has 1 atom stereocenters. The summed E-state index contributed by atoms with van der Waals surface area (Å²) in [7, 11) is -3.33. The molecule has 1 saturated heterocycles. The van der Waals surface area contributed by atoms with Gasteiger partial charge in [-0.1, -0.05) is 0 Å². The van der Waals surface area contributed by atoms with Crippen LogP contribution in [0, 0.1) is 6.92 Å². The van der Waals surface area contributed by atoms with E-state index in [4.69, 9.17) is 5.11 Å². The van der Waals surface area contributed by atoms with Gasteiger partial charge >= 0.3 is 5.97 Å². The second-order valence-electron chi connectivity index (χ2n) is 4.61. The summed E-state index contributed by atoms with van der Waals surface area (Å²) < 4.78 is 23.2. The Morgan fingerprint density at radius 1 is 1.50 bits per heavy atom. The number of carboxylic acid groups (broad SMARTS) is 1. The van der Waals surface area contributed by atoms with Crippen molar-refractivity contribution in [1.29, 1.82) is 0 Å². The summed E-state index contributed by atoms with van der Waals surface area (Å²) in [6.45, 7) is 1.58. The van der Waals surface area contributed by atoms with Crippen LogP contribution in [0.5, 0.6) is 0 Å². The van der Waals surface area contributed by atoms with E-state index in [-0.39, 0.29) is 23.9 Å². The summed E-state index contributed by atoms with van der Waals surface area (Å²) in [5.74, 6) is -1.89. The first kappa shape index (κ1) is 14.4. The number of aryl methyl sites for hydroxylation is 1. The highest BCUT2D eigenvalue weighted by Crippen LogP contribution is 2.17. The van der Waals surface area contributed by atoms with E-state index >= 15 is 0 Å². The van der Waals surface area contributed by atoms with Crippen molar-refractivity contribution >= 4 is 21.7 Å². The summed E-state index contributed by atoms with van der Waals surface area (Å²) in [5, 5.41) is 15.1. The van der Waals surface area contributed by atoms with Crippen LogP contribution < -0.4 is 0 Å². The summed E-state index contributed by atoms with van der Waals surface area (Å²) in [6.07, 6.45) is -0.422. The molecule has 1 amide bonds. The minimum Gasteiger partial charge on any atom is -0.481 e. The molecule has 110 valence electrons. The molecule has 0 spiro atoms. The quantitative estimate of drug-likeness (QED) is 0.718. The maximum absolute atomic E-state index is 12.2. The van der Waals surface area contributed by atoms with E-state index in [0.717, 1.165) is 0 Å². The molecule has 1 aliphatic heterocycles. The molecule has 0 saturated carbocycles. The highest BCUT2D eigenvalue weighted by atomic mass is 32.2. The van der Waals surface area contributed by atoms with Crippen molar-refractivity contribution in [2.75, 3.05) is 18.1 Å². The second kappa shape index (κ2) is 5.19. The van der Waals surface area contributed by atoms with Crippen LogP contribution in [0.1, 0.15) is 22.9 Å². The zero-order valence-corrected chi connectivity index (χ0v) is 11.6. The number of H-pyrrole nitrogens is 1. The summed E-state index contributed by atoms with van der Waals surface area (Å²) in [5.41, 5.74) is 0. The minimum absolute atomic E-state index is 0.0489. The molecule has 2 heterocycles. The largest absolute Gasteiger partial charge is 0.481 e. The maximum Gasteiger partial charge on any atom is 0.305 e. The molecule has 0 aliphatic carbocycles. The fourth-order valence-electron chi connectivity index (χ4n) is 2.09. The monoisotopic (exact) mass is 302 g/mol. The van der Waals surface area contributed by atoms with Gasteiger partial charge in [0.25, 0.3) is 5.91 Å².